The third-order valence-corrected chi connectivity index (χ3v) is 5.94. The number of hydrogen-bond acceptors (Lipinski definition) is 3. The van der Waals surface area contributed by atoms with Crippen molar-refractivity contribution in [2.45, 2.75) is 62.4 Å². The standard InChI is InChI=1S/C20H29NO3/c22-16-19(24)10-7-14-21(15-13-19)18(23)20(11-5-2-6-12-20)17-8-3-1-4-9-17/h1,3-4,8-9,22,24H,2,5-7,10-16H2/t19-/m0/s1. The minimum Gasteiger partial charge on any atom is -0.393 e. The summed E-state index contributed by atoms with van der Waals surface area (Å²) in [5.41, 5.74) is -0.292. The zero-order valence-corrected chi connectivity index (χ0v) is 14.4. The van der Waals surface area contributed by atoms with E-state index in [1.165, 1.54) is 6.42 Å². The first-order valence-corrected chi connectivity index (χ1v) is 9.28. The monoisotopic (exact) mass is 331 g/mol. The Morgan fingerprint density at radius 1 is 0.958 bits per heavy atom. The van der Waals surface area contributed by atoms with E-state index >= 15 is 0 Å². The summed E-state index contributed by atoms with van der Waals surface area (Å²) in [6.45, 7) is 0.985. The number of hydrogen-bond donors (Lipinski definition) is 2. The molecule has 2 N–H and O–H groups in total. The van der Waals surface area contributed by atoms with Gasteiger partial charge in [0, 0.05) is 13.1 Å². The number of aliphatic hydroxyl groups excluding tert-OH is 1. The Morgan fingerprint density at radius 3 is 2.33 bits per heavy atom. The van der Waals surface area contributed by atoms with Crippen LogP contribution in [0.15, 0.2) is 30.3 Å². The summed E-state index contributed by atoms with van der Waals surface area (Å²) in [7, 11) is 0. The largest absolute Gasteiger partial charge is 0.393 e. The Morgan fingerprint density at radius 2 is 1.67 bits per heavy atom. The second-order valence-electron chi connectivity index (χ2n) is 7.54. The highest BCUT2D eigenvalue weighted by atomic mass is 16.3. The second-order valence-corrected chi connectivity index (χ2v) is 7.54. The van der Waals surface area contributed by atoms with E-state index in [1.807, 2.05) is 23.1 Å². The van der Waals surface area contributed by atoms with Crippen LogP contribution in [0.5, 0.6) is 0 Å². The first-order valence-electron chi connectivity index (χ1n) is 9.28. The molecule has 1 aromatic rings. The fourth-order valence-electron chi connectivity index (χ4n) is 4.38. The molecule has 1 aliphatic carbocycles. The zero-order valence-electron chi connectivity index (χ0n) is 14.4. The van der Waals surface area contributed by atoms with Crippen molar-refractivity contribution in [3.8, 4) is 0 Å². The molecule has 1 heterocycles. The molecule has 1 aliphatic heterocycles. The van der Waals surface area contributed by atoms with Crippen LogP contribution in [0.2, 0.25) is 0 Å². The van der Waals surface area contributed by atoms with E-state index in [0.29, 0.717) is 25.9 Å². The third-order valence-electron chi connectivity index (χ3n) is 5.94. The number of benzene rings is 1. The van der Waals surface area contributed by atoms with Gasteiger partial charge in [0.05, 0.1) is 17.6 Å². The van der Waals surface area contributed by atoms with Crippen LogP contribution in [0.25, 0.3) is 0 Å². The van der Waals surface area contributed by atoms with Crippen molar-refractivity contribution in [3.05, 3.63) is 35.9 Å². The Hall–Kier alpha value is -1.39. The molecule has 3 rings (SSSR count). The van der Waals surface area contributed by atoms with Crippen LogP contribution in [0, 0.1) is 0 Å². The van der Waals surface area contributed by atoms with Crippen LogP contribution in [-0.2, 0) is 10.2 Å². The van der Waals surface area contributed by atoms with Gasteiger partial charge in [-0.25, -0.2) is 0 Å². The van der Waals surface area contributed by atoms with Crippen LogP contribution in [0.1, 0.15) is 56.9 Å². The maximum absolute atomic E-state index is 13.5. The molecule has 2 aliphatic rings. The average Bonchev–Trinajstić information content (AvgIpc) is 2.85. The number of carbonyl (C=O) groups is 1. The summed E-state index contributed by atoms with van der Waals surface area (Å²) in [6, 6.07) is 10.2. The lowest BCUT2D eigenvalue weighted by atomic mass is 9.68. The average molecular weight is 331 g/mol. The van der Waals surface area contributed by atoms with E-state index in [0.717, 1.165) is 37.7 Å². The van der Waals surface area contributed by atoms with Gasteiger partial charge in [0.2, 0.25) is 5.91 Å². The van der Waals surface area contributed by atoms with Gasteiger partial charge < -0.3 is 15.1 Å². The third kappa shape index (κ3) is 3.35. The highest BCUT2D eigenvalue weighted by Crippen LogP contribution is 2.41. The quantitative estimate of drug-likeness (QED) is 0.895. The molecule has 0 bridgehead atoms. The normalized spacial score (nSPS) is 27.5. The maximum atomic E-state index is 13.5. The zero-order chi connectivity index (χ0) is 17.0. The molecule has 2 fully saturated rings. The van der Waals surface area contributed by atoms with Gasteiger partial charge in [-0.1, -0.05) is 49.6 Å². The summed E-state index contributed by atoms with van der Waals surface area (Å²) >= 11 is 0. The predicted octanol–water partition coefficient (Wildman–Crippen LogP) is 2.62. The molecular weight excluding hydrogens is 302 g/mol. The molecule has 0 unspecified atom stereocenters. The summed E-state index contributed by atoms with van der Waals surface area (Å²) in [5, 5.41) is 19.8. The minimum atomic E-state index is -1.03. The smallest absolute Gasteiger partial charge is 0.233 e. The summed E-state index contributed by atoms with van der Waals surface area (Å²) in [5.74, 6) is 0.218. The van der Waals surface area contributed by atoms with Crippen molar-refractivity contribution in [2.24, 2.45) is 0 Å². The highest BCUT2D eigenvalue weighted by Gasteiger charge is 2.44. The fraction of sp³-hybridized carbons (Fsp3) is 0.650. The van der Waals surface area contributed by atoms with Gasteiger partial charge in [-0.15, -0.1) is 0 Å². The summed E-state index contributed by atoms with van der Waals surface area (Å²) in [6.07, 6.45) is 6.98. The number of nitrogens with zero attached hydrogens (tertiary/aromatic N) is 1. The van der Waals surface area contributed by atoms with Gasteiger partial charge >= 0.3 is 0 Å². The van der Waals surface area contributed by atoms with Gasteiger partial charge in [-0.2, -0.15) is 0 Å². The molecule has 0 spiro atoms. The number of amides is 1. The van der Waals surface area contributed by atoms with Crippen LogP contribution in [0.3, 0.4) is 0 Å². The predicted molar refractivity (Wildman–Crippen MR) is 93.7 cm³/mol. The van der Waals surface area contributed by atoms with E-state index < -0.39 is 11.0 Å². The van der Waals surface area contributed by atoms with E-state index in [9.17, 15) is 15.0 Å². The van der Waals surface area contributed by atoms with Crippen LogP contribution < -0.4 is 0 Å². The maximum Gasteiger partial charge on any atom is 0.233 e. The Balaban J connectivity index is 1.84. The molecule has 1 amide bonds. The molecule has 1 saturated carbocycles. The van der Waals surface area contributed by atoms with Crippen molar-refractivity contribution in [3.63, 3.8) is 0 Å². The Kier molecular flexibility index (Phi) is 5.26. The van der Waals surface area contributed by atoms with E-state index in [-0.39, 0.29) is 12.5 Å². The van der Waals surface area contributed by atoms with Crippen molar-refractivity contribution in [1.82, 2.24) is 4.90 Å². The Labute approximate surface area is 144 Å². The molecule has 24 heavy (non-hydrogen) atoms. The van der Waals surface area contributed by atoms with Crippen molar-refractivity contribution in [2.75, 3.05) is 19.7 Å². The number of carbonyl (C=O) groups excluding carboxylic acids is 1. The number of aliphatic hydroxyl groups is 2. The van der Waals surface area contributed by atoms with E-state index in [4.69, 9.17) is 0 Å². The molecule has 1 atom stereocenters. The first kappa shape index (κ1) is 17.4. The molecule has 1 saturated heterocycles. The summed E-state index contributed by atoms with van der Waals surface area (Å²) < 4.78 is 0. The molecule has 4 nitrogen and oxygen atoms in total. The lowest BCUT2D eigenvalue weighted by molar-refractivity contribution is -0.139. The van der Waals surface area contributed by atoms with Crippen LogP contribution >= 0.6 is 0 Å². The molecular formula is C20H29NO3. The lowest BCUT2D eigenvalue weighted by Crippen LogP contribution is -2.48. The summed E-state index contributed by atoms with van der Waals surface area (Å²) in [4.78, 5) is 15.4. The molecule has 1 aromatic carbocycles. The molecule has 0 aromatic heterocycles. The van der Waals surface area contributed by atoms with Gasteiger partial charge in [-0.3, -0.25) is 4.79 Å². The SMILES string of the molecule is O=C(N1CCC[C@@](O)(CO)CC1)C1(c2ccccc2)CCCCC1. The van der Waals surface area contributed by atoms with Crippen molar-refractivity contribution in [1.29, 1.82) is 0 Å². The highest BCUT2D eigenvalue weighted by molar-refractivity contribution is 5.88. The van der Waals surface area contributed by atoms with Gasteiger partial charge in [-0.05, 0) is 37.7 Å². The first-order chi connectivity index (χ1) is 11.6. The molecule has 0 radical (unpaired) electrons. The van der Waals surface area contributed by atoms with Crippen molar-refractivity contribution >= 4 is 5.91 Å². The fourth-order valence-corrected chi connectivity index (χ4v) is 4.38. The van der Waals surface area contributed by atoms with Crippen LogP contribution in [0.4, 0.5) is 0 Å². The van der Waals surface area contributed by atoms with Gasteiger partial charge in [0.15, 0.2) is 0 Å². The Bertz CT molecular complexity index is 553. The van der Waals surface area contributed by atoms with Gasteiger partial charge in [0.25, 0.3) is 0 Å². The van der Waals surface area contributed by atoms with E-state index in [2.05, 4.69) is 12.1 Å². The topological polar surface area (TPSA) is 60.8 Å². The number of likely N-dealkylation sites (tertiary alicyclic amines) is 1. The van der Waals surface area contributed by atoms with E-state index in [1.54, 1.807) is 0 Å². The minimum absolute atomic E-state index is 0.218. The molecule has 4 heteroatoms. The van der Waals surface area contributed by atoms with Crippen molar-refractivity contribution < 1.29 is 15.0 Å². The number of rotatable bonds is 3. The lowest BCUT2D eigenvalue weighted by Gasteiger charge is -2.40. The van der Waals surface area contributed by atoms with Gasteiger partial charge in [0.1, 0.15) is 0 Å². The van der Waals surface area contributed by atoms with Crippen LogP contribution in [-0.4, -0.2) is 46.3 Å². The molecule has 132 valence electrons. The second kappa shape index (κ2) is 7.24.